The number of ketones is 1. The molecule has 1 aromatic heterocycles. The van der Waals surface area contributed by atoms with Gasteiger partial charge in [0, 0.05) is 26.9 Å². The van der Waals surface area contributed by atoms with Gasteiger partial charge < -0.3 is 0 Å². The van der Waals surface area contributed by atoms with Crippen LogP contribution < -0.4 is 0 Å². The summed E-state index contributed by atoms with van der Waals surface area (Å²) in [6, 6.07) is 10.7. The Hall–Kier alpha value is -1.51. The van der Waals surface area contributed by atoms with Crippen LogP contribution in [0.3, 0.4) is 0 Å². The van der Waals surface area contributed by atoms with E-state index in [-0.39, 0.29) is 5.78 Å². The van der Waals surface area contributed by atoms with Gasteiger partial charge in [0.1, 0.15) is 5.92 Å². The van der Waals surface area contributed by atoms with Crippen molar-refractivity contribution in [2.75, 3.05) is 0 Å². The predicted octanol–water partition coefficient (Wildman–Crippen LogP) is 4.10. The van der Waals surface area contributed by atoms with Gasteiger partial charge in [0.25, 0.3) is 0 Å². The summed E-state index contributed by atoms with van der Waals surface area (Å²) in [4.78, 5) is 16.3. The molecule has 1 heterocycles. The molecule has 1 atom stereocenters. The molecule has 0 N–H and O–H groups in total. The van der Waals surface area contributed by atoms with E-state index in [1.165, 1.54) is 0 Å². The summed E-state index contributed by atoms with van der Waals surface area (Å²) in [6.07, 6.45) is 3.14. The van der Waals surface area contributed by atoms with E-state index < -0.39 is 5.92 Å². The molecule has 3 nitrogen and oxygen atoms in total. The summed E-state index contributed by atoms with van der Waals surface area (Å²) in [5.74, 6) is -1.06. The Bertz CT molecular complexity index is 650. The highest BCUT2D eigenvalue weighted by Crippen LogP contribution is 2.27. The van der Waals surface area contributed by atoms with Crippen molar-refractivity contribution < 1.29 is 4.79 Å². The maximum absolute atomic E-state index is 12.5. The quantitative estimate of drug-likeness (QED) is 0.754. The van der Waals surface area contributed by atoms with Crippen molar-refractivity contribution in [1.82, 2.24) is 4.98 Å². The third kappa shape index (κ3) is 3.09. The van der Waals surface area contributed by atoms with E-state index >= 15 is 0 Å². The number of rotatable bonds is 3. The third-order valence-corrected chi connectivity index (χ3v) is 3.81. The molecule has 0 radical (unpaired) electrons. The fourth-order valence-electron chi connectivity index (χ4n) is 1.68. The van der Waals surface area contributed by atoms with Gasteiger partial charge >= 0.3 is 0 Å². The van der Waals surface area contributed by atoms with Gasteiger partial charge in [-0.2, -0.15) is 5.26 Å². The highest BCUT2D eigenvalue weighted by Gasteiger charge is 2.23. The molecule has 0 saturated heterocycles. The lowest BCUT2D eigenvalue weighted by Crippen LogP contribution is -2.12. The number of pyridine rings is 1. The minimum Gasteiger partial charge on any atom is -0.292 e. The molecule has 94 valence electrons. The fraction of sp³-hybridized carbons (Fsp3) is 0.0714. The maximum atomic E-state index is 12.5. The fourth-order valence-corrected chi connectivity index (χ4v) is 2.49. The number of aromatic nitrogens is 1. The second-order valence-electron chi connectivity index (χ2n) is 3.83. The van der Waals surface area contributed by atoms with Crippen LogP contribution in [0, 0.1) is 11.3 Å². The largest absolute Gasteiger partial charge is 0.292 e. The van der Waals surface area contributed by atoms with Crippen LogP contribution in [-0.2, 0) is 0 Å². The Morgan fingerprint density at radius 3 is 2.53 bits per heavy atom. The summed E-state index contributed by atoms with van der Waals surface area (Å²) in [5, 5.41) is 9.25. The second-order valence-corrected chi connectivity index (χ2v) is 5.60. The number of benzene rings is 1. The Balaban J connectivity index is 2.43. The average Bonchev–Trinajstić information content (AvgIpc) is 2.43. The average molecular weight is 380 g/mol. The molecule has 1 aromatic carbocycles. The van der Waals surface area contributed by atoms with E-state index in [1.807, 2.05) is 12.1 Å². The first-order valence-corrected chi connectivity index (χ1v) is 7.01. The highest BCUT2D eigenvalue weighted by molar-refractivity contribution is 9.11. The summed E-state index contributed by atoms with van der Waals surface area (Å²) >= 11 is 6.66. The normalized spacial score (nSPS) is 11.6. The van der Waals surface area contributed by atoms with Gasteiger partial charge in [0.15, 0.2) is 5.78 Å². The van der Waals surface area contributed by atoms with Crippen LogP contribution in [0.15, 0.2) is 51.7 Å². The third-order valence-electron chi connectivity index (χ3n) is 2.62. The topological polar surface area (TPSA) is 53.8 Å². The van der Waals surface area contributed by atoms with Gasteiger partial charge in [0.05, 0.1) is 6.07 Å². The van der Waals surface area contributed by atoms with E-state index in [9.17, 15) is 10.1 Å². The first kappa shape index (κ1) is 13.9. The van der Waals surface area contributed by atoms with Gasteiger partial charge in [-0.1, -0.05) is 31.9 Å². The predicted molar refractivity (Wildman–Crippen MR) is 78.8 cm³/mol. The maximum Gasteiger partial charge on any atom is 0.185 e. The van der Waals surface area contributed by atoms with Crippen LogP contribution in [0.1, 0.15) is 21.8 Å². The van der Waals surface area contributed by atoms with Crippen molar-refractivity contribution in [2.24, 2.45) is 0 Å². The smallest absolute Gasteiger partial charge is 0.185 e. The van der Waals surface area contributed by atoms with Crippen LogP contribution in [-0.4, -0.2) is 10.8 Å². The molecule has 2 rings (SSSR count). The van der Waals surface area contributed by atoms with E-state index in [0.717, 1.165) is 4.47 Å². The molecule has 19 heavy (non-hydrogen) atoms. The molecule has 0 amide bonds. The number of hydrogen-bond donors (Lipinski definition) is 0. The number of carbonyl (C=O) groups excluding carboxylic acids is 1. The van der Waals surface area contributed by atoms with Crippen LogP contribution in [0.2, 0.25) is 0 Å². The zero-order chi connectivity index (χ0) is 13.8. The molecule has 0 aliphatic rings. The number of Topliss-reactive ketones (excluding diaryl/α,β-unsaturated/α-hetero) is 1. The van der Waals surface area contributed by atoms with Gasteiger partial charge in [-0.15, -0.1) is 0 Å². The van der Waals surface area contributed by atoms with Gasteiger partial charge in [0.2, 0.25) is 0 Å². The monoisotopic (exact) mass is 378 g/mol. The number of carbonyl (C=O) groups is 1. The molecule has 0 aliphatic heterocycles. The Labute approximate surface area is 127 Å². The van der Waals surface area contributed by atoms with Gasteiger partial charge in [-0.05, 0) is 35.9 Å². The number of nitrogens with zero attached hydrogens (tertiary/aromatic N) is 2. The molecule has 0 saturated carbocycles. The van der Waals surface area contributed by atoms with Gasteiger partial charge in [-0.25, -0.2) is 0 Å². The molecule has 0 aliphatic carbocycles. The van der Waals surface area contributed by atoms with Crippen LogP contribution in [0.4, 0.5) is 0 Å². The molecular formula is C14H8Br2N2O. The Morgan fingerprint density at radius 1 is 1.21 bits per heavy atom. The van der Waals surface area contributed by atoms with Crippen molar-refractivity contribution in [3.63, 3.8) is 0 Å². The standard InChI is InChI=1S/C14H8Br2N2O/c15-10-1-2-13(16)11(7-10)14(19)12(8-17)9-3-5-18-6-4-9/h1-7,12H. The first-order valence-electron chi connectivity index (χ1n) is 5.42. The molecule has 0 fully saturated rings. The SMILES string of the molecule is N#CC(C(=O)c1cc(Br)ccc1Br)c1ccncc1. The van der Waals surface area contributed by atoms with Crippen LogP contribution >= 0.6 is 31.9 Å². The number of hydrogen-bond acceptors (Lipinski definition) is 3. The van der Waals surface area contributed by atoms with Crippen molar-refractivity contribution in [3.8, 4) is 6.07 Å². The molecule has 1 unspecified atom stereocenters. The van der Waals surface area contributed by atoms with Crippen molar-refractivity contribution in [1.29, 1.82) is 5.26 Å². The summed E-state index contributed by atoms with van der Waals surface area (Å²) < 4.78 is 1.47. The van der Waals surface area contributed by atoms with Crippen molar-refractivity contribution in [3.05, 3.63) is 62.8 Å². The van der Waals surface area contributed by atoms with Crippen molar-refractivity contribution in [2.45, 2.75) is 5.92 Å². The lowest BCUT2D eigenvalue weighted by Gasteiger charge is -2.10. The summed E-state index contributed by atoms with van der Waals surface area (Å²) in [6.45, 7) is 0. The van der Waals surface area contributed by atoms with E-state index in [2.05, 4.69) is 36.8 Å². The summed E-state index contributed by atoms with van der Waals surface area (Å²) in [7, 11) is 0. The Morgan fingerprint density at radius 2 is 1.89 bits per heavy atom. The van der Waals surface area contributed by atoms with E-state index in [4.69, 9.17) is 0 Å². The lowest BCUT2D eigenvalue weighted by molar-refractivity contribution is 0.0978. The van der Waals surface area contributed by atoms with Crippen LogP contribution in [0.25, 0.3) is 0 Å². The lowest BCUT2D eigenvalue weighted by atomic mass is 9.92. The van der Waals surface area contributed by atoms with E-state index in [0.29, 0.717) is 15.6 Å². The Kier molecular flexibility index (Phi) is 4.46. The van der Waals surface area contributed by atoms with Crippen molar-refractivity contribution >= 4 is 37.6 Å². The van der Waals surface area contributed by atoms with E-state index in [1.54, 1.807) is 36.7 Å². The zero-order valence-corrected chi connectivity index (χ0v) is 12.8. The second kappa shape index (κ2) is 6.09. The van der Waals surface area contributed by atoms with Crippen LogP contribution in [0.5, 0.6) is 0 Å². The summed E-state index contributed by atoms with van der Waals surface area (Å²) in [5.41, 5.74) is 1.13. The highest BCUT2D eigenvalue weighted by atomic mass is 79.9. The molecule has 0 spiro atoms. The molecule has 2 aromatic rings. The molecular weight excluding hydrogens is 372 g/mol. The van der Waals surface area contributed by atoms with Gasteiger partial charge in [-0.3, -0.25) is 9.78 Å². The molecule has 0 bridgehead atoms. The number of nitriles is 1. The minimum absolute atomic E-state index is 0.234. The number of halogens is 2. The molecule has 5 heteroatoms. The zero-order valence-electron chi connectivity index (χ0n) is 9.68. The first-order chi connectivity index (χ1) is 9.13. The minimum atomic E-state index is -0.825.